The van der Waals surface area contributed by atoms with Crippen LogP contribution in [0.4, 0.5) is 0 Å². The number of hydrogen-bond acceptors (Lipinski definition) is 8. The summed E-state index contributed by atoms with van der Waals surface area (Å²) in [6, 6.07) is -5.35. The molecule has 0 fully saturated rings. The van der Waals surface area contributed by atoms with Crippen LogP contribution in [0.25, 0.3) is 0 Å². The molecule has 0 aliphatic heterocycles. The van der Waals surface area contributed by atoms with Crippen molar-refractivity contribution in [1.29, 1.82) is 0 Å². The van der Waals surface area contributed by atoms with Gasteiger partial charge in [0.25, 0.3) is 0 Å². The molecule has 0 aromatic rings. The second kappa shape index (κ2) is 14.7. The number of primary amides is 1. The van der Waals surface area contributed by atoms with Gasteiger partial charge in [-0.25, -0.2) is 4.79 Å². The van der Waals surface area contributed by atoms with E-state index in [4.69, 9.17) is 16.6 Å². The molecule has 4 unspecified atom stereocenters. The van der Waals surface area contributed by atoms with Crippen molar-refractivity contribution in [2.45, 2.75) is 70.1 Å². The first-order valence-electron chi connectivity index (χ1n) is 10.3. The third-order valence-corrected chi connectivity index (χ3v) is 4.46. The normalized spacial score (nSPS) is 14.5. The highest BCUT2D eigenvalue weighted by Crippen LogP contribution is 2.07. The van der Waals surface area contributed by atoms with Gasteiger partial charge in [-0.05, 0) is 25.2 Å². The maximum atomic E-state index is 12.7. The summed E-state index contributed by atoms with van der Waals surface area (Å²) >= 11 is 0. The fourth-order valence-electron chi connectivity index (χ4n) is 2.67. The predicted molar refractivity (Wildman–Crippen MR) is 113 cm³/mol. The summed E-state index contributed by atoms with van der Waals surface area (Å²) in [6.07, 6.45) is -0.955. The van der Waals surface area contributed by atoms with E-state index in [0.717, 1.165) is 0 Å². The number of rotatable bonds is 16. The highest BCUT2D eigenvalue weighted by Gasteiger charge is 2.30. The van der Waals surface area contributed by atoms with E-state index in [2.05, 4.69) is 16.0 Å². The number of amides is 4. The second-order valence-electron chi connectivity index (χ2n) is 7.88. The van der Waals surface area contributed by atoms with Gasteiger partial charge in [-0.3, -0.25) is 24.0 Å². The molecular weight excluding hydrogens is 442 g/mol. The van der Waals surface area contributed by atoms with Gasteiger partial charge in [0.15, 0.2) is 0 Å². The molecular formula is C19H33N5O9. The van der Waals surface area contributed by atoms with E-state index in [1.54, 1.807) is 13.8 Å². The van der Waals surface area contributed by atoms with Gasteiger partial charge in [0.05, 0.1) is 12.6 Å². The topological polar surface area (TPSA) is 251 Å². The van der Waals surface area contributed by atoms with Crippen LogP contribution in [0.5, 0.6) is 0 Å². The van der Waals surface area contributed by atoms with Crippen molar-refractivity contribution in [3.05, 3.63) is 0 Å². The molecule has 0 bridgehead atoms. The molecule has 4 amide bonds. The number of aliphatic hydroxyl groups is 1. The lowest BCUT2D eigenvalue weighted by atomic mass is 10.0. The largest absolute Gasteiger partial charge is 0.481 e. The molecule has 10 N–H and O–H groups in total. The van der Waals surface area contributed by atoms with Crippen LogP contribution in [-0.2, 0) is 28.8 Å². The monoisotopic (exact) mass is 475 g/mol. The molecule has 0 saturated heterocycles. The Morgan fingerprint density at radius 3 is 1.76 bits per heavy atom. The first-order valence-corrected chi connectivity index (χ1v) is 10.3. The number of aliphatic hydroxyl groups excluding tert-OH is 1. The van der Waals surface area contributed by atoms with Gasteiger partial charge in [-0.2, -0.15) is 0 Å². The highest BCUT2D eigenvalue weighted by atomic mass is 16.4. The molecule has 0 aliphatic carbocycles. The number of nitrogens with one attached hydrogen (secondary N) is 3. The average Bonchev–Trinajstić information content (AvgIpc) is 2.71. The molecule has 0 aromatic heterocycles. The van der Waals surface area contributed by atoms with E-state index in [1.165, 1.54) is 0 Å². The fraction of sp³-hybridized carbons (Fsp3) is 0.684. The SMILES string of the molecule is CC(C)CC(NC(=O)C(N)CCC(=O)O)C(=O)NC(CO)C(=O)NC(CCC(N)=O)C(=O)O. The van der Waals surface area contributed by atoms with E-state index in [1.807, 2.05) is 0 Å². The number of hydrogen-bond donors (Lipinski definition) is 8. The summed E-state index contributed by atoms with van der Waals surface area (Å²) in [6.45, 7) is 2.66. The van der Waals surface area contributed by atoms with Crippen LogP contribution in [0, 0.1) is 5.92 Å². The lowest BCUT2D eigenvalue weighted by Gasteiger charge is -2.25. The maximum Gasteiger partial charge on any atom is 0.326 e. The van der Waals surface area contributed by atoms with Gasteiger partial charge in [-0.15, -0.1) is 0 Å². The Labute approximate surface area is 190 Å². The van der Waals surface area contributed by atoms with Crippen molar-refractivity contribution in [2.75, 3.05) is 6.61 Å². The summed E-state index contributed by atoms with van der Waals surface area (Å²) in [5, 5.41) is 34.1. The molecule has 0 spiro atoms. The number of carboxylic acid groups (broad SMARTS) is 2. The Morgan fingerprint density at radius 1 is 0.788 bits per heavy atom. The summed E-state index contributed by atoms with van der Waals surface area (Å²) < 4.78 is 0. The second-order valence-corrected chi connectivity index (χ2v) is 7.88. The minimum absolute atomic E-state index is 0.0807. The summed E-state index contributed by atoms with van der Waals surface area (Å²) in [7, 11) is 0. The van der Waals surface area contributed by atoms with E-state index in [-0.39, 0.29) is 38.0 Å². The predicted octanol–water partition coefficient (Wildman–Crippen LogP) is -2.98. The van der Waals surface area contributed by atoms with Crippen LogP contribution in [0.3, 0.4) is 0 Å². The standard InChI is InChI=1S/C19H33N5O9/c1-9(2)7-12(23-16(29)10(20)3-6-15(27)28)17(30)24-13(8-25)18(31)22-11(19(32)33)4-5-14(21)26/h9-13,25H,3-8,20H2,1-2H3,(H2,21,26)(H,22,31)(H,23,29)(H,24,30)(H,27,28)(H,32,33). The molecule has 14 nitrogen and oxygen atoms in total. The molecule has 0 heterocycles. The average molecular weight is 475 g/mol. The summed E-state index contributed by atoms with van der Waals surface area (Å²) in [5.41, 5.74) is 10.6. The fourth-order valence-corrected chi connectivity index (χ4v) is 2.67. The number of aliphatic carboxylic acids is 2. The Bertz CT molecular complexity index is 728. The van der Waals surface area contributed by atoms with Gasteiger partial charge in [0, 0.05) is 12.8 Å². The Hall–Kier alpha value is -3.26. The van der Waals surface area contributed by atoms with E-state index >= 15 is 0 Å². The van der Waals surface area contributed by atoms with Gasteiger partial charge in [0.1, 0.15) is 18.1 Å². The van der Waals surface area contributed by atoms with Crippen LogP contribution >= 0.6 is 0 Å². The summed E-state index contributed by atoms with van der Waals surface area (Å²) in [4.78, 5) is 70.1. The van der Waals surface area contributed by atoms with Crippen LogP contribution in [0.15, 0.2) is 0 Å². The highest BCUT2D eigenvalue weighted by molar-refractivity contribution is 5.94. The number of nitrogens with two attached hydrogens (primary N) is 2. The first-order chi connectivity index (χ1) is 15.3. The molecule has 33 heavy (non-hydrogen) atoms. The number of carbonyl (C=O) groups is 6. The maximum absolute atomic E-state index is 12.7. The Kier molecular flexibility index (Phi) is 13.3. The van der Waals surface area contributed by atoms with E-state index in [9.17, 15) is 39.0 Å². The van der Waals surface area contributed by atoms with E-state index < -0.39 is 66.3 Å². The zero-order valence-corrected chi connectivity index (χ0v) is 18.6. The van der Waals surface area contributed by atoms with Crippen molar-refractivity contribution in [2.24, 2.45) is 17.4 Å². The van der Waals surface area contributed by atoms with Crippen LogP contribution in [-0.4, -0.2) is 81.7 Å². The quantitative estimate of drug-likeness (QED) is 0.112. The van der Waals surface area contributed by atoms with Crippen LogP contribution in [0.1, 0.15) is 46.0 Å². The zero-order chi connectivity index (χ0) is 25.7. The van der Waals surface area contributed by atoms with Gasteiger partial charge < -0.3 is 42.7 Å². The molecule has 0 rings (SSSR count). The van der Waals surface area contributed by atoms with Gasteiger partial charge in [-0.1, -0.05) is 13.8 Å². The molecule has 0 radical (unpaired) electrons. The summed E-state index contributed by atoms with van der Waals surface area (Å²) in [5.74, 6) is -6.04. The van der Waals surface area contributed by atoms with Crippen LogP contribution in [0.2, 0.25) is 0 Å². The zero-order valence-electron chi connectivity index (χ0n) is 18.6. The van der Waals surface area contributed by atoms with Crippen molar-refractivity contribution in [3.8, 4) is 0 Å². The van der Waals surface area contributed by atoms with Crippen LogP contribution < -0.4 is 27.4 Å². The molecule has 188 valence electrons. The van der Waals surface area contributed by atoms with Crippen molar-refractivity contribution < 1.29 is 44.1 Å². The Balaban J connectivity index is 5.22. The molecule has 4 atom stereocenters. The third kappa shape index (κ3) is 12.4. The molecule has 14 heteroatoms. The minimum atomic E-state index is -1.54. The Morgan fingerprint density at radius 2 is 1.30 bits per heavy atom. The van der Waals surface area contributed by atoms with Crippen molar-refractivity contribution >= 4 is 35.6 Å². The van der Waals surface area contributed by atoms with Gasteiger partial charge >= 0.3 is 11.9 Å². The van der Waals surface area contributed by atoms with Crippen molar-refractivity contribution in [3.63, 3.8) is 0 Å². The number of carbonyl (C=O) groups excluding carboxylic acids is 4. The third-order valence-electron chi connectivity index (χ3n) is 4.46. The smallest absolute Gasteiger partial charge is 0.326 e. The lowest BCUT2D eigenvalue weighted by molar-refractivity contribution is -0.143. The molecule has 0 aliphatic rings. The molecule has 0 saturated carbocycles. The molecule has 0 aromatic carbocycles. The first kappa shape index (κ1) is 29.7. The van der Waals surface area contributed by atoms with Crippen molar-refractivity contribution in [1.82, 2.24) is 16.0 Å². The number of carboxylic acids is 2. The lowest BCUT2D eigenvalue weighted by Crippen LogP contribution is -2.58. The van der Waals surface area contributed by atoms with Gasteiger partial charge in [0.2, 0.25) is 23.6 Å². The minimum Gasteiger partial charge on any atom is -0.481 e. The van der Waals surface area contributed by atoms with E-state index in [0.29, 0.717) is 0 Å².